The molecule has 0 radical (unpaired) electrons. The molecule has 1 fully saturated rings. The van der Waals surface area contributed by atoms with Crippen LogP contribution in [-0.4, -0.2) is 31.4 Å². The van der Waals surface area contributed by atoms with E-state index in [1.807, 2.05) is 56.4 Å². The van der Waals surface area contributed by atoms with E-state index in [-0.39, 0.29) is 18.4 Å². The quantitative estimate of drug-likeness (QED) is 0.682. The Hall–Kier alpha value is -2.37. The predicted molar refractivity (Wildman–Crippen MR) is 107 cm³/mol. The van der Waals surface area contributed by atoms with Crippen LogP contribution < -0.4 is 15.5 Å². The van der Waals surface area contributed by atoms with E-state index in [1.54, 1.807) is 6.07 Å². The molecule has 2 aromatic carbocycles. The number of carbonyl (C=O) groups excluding carboxylic acids is 2. The van der Waals surface area contributed by atoms with Gasteiger partial charge >= 0.3 is 0 Å². The third-order valence-electron chi connectivity index (χ3n) is 4.71. The molecule has 0 bridgehead atoms. The molecular formula is C21H25ClN3O2+. The van der Waals surface area contributed by atoms with Crippen LogP contribution >= 0.6 is 11.6 Å². The molecule has 1 saturated carbocycles. The second-order valence-electron chi connectivity index (χ2n) is 7.16. The Bertz CT molecular complexity index is 821. The van der Waals surface area contributed by atoms with Crippen LogP contribution in [0.25, 0.3) is 0 Å². The Balaban J connectivity index is 1.76. The zero-order valence-corrected chi connectivity index (χ0v) is 16.3. The highest BCUT2D eigenvalue weighted by Crippen LogP contribution is 2.21. The summed E-state index contributed by atoms with van der Waals surface area (Å²) in [4.78, 5) is 26.1. The van der Waals surface area contributed by atoms with Crippen LogP contribution in [0.1, 0.15) is 30.0 Å². The van der Waals surface area contributed by atoms with E-state index in [0.717, 1.165) is 28.9 Å². The first-order valence-corrected chi connectivity index (χ1v) is 9.55. The zero-order chi connectivity index (χ0) is 19.4. The summed E-state index contributed by atoms with van der Waals surface area (Å²) in [6, 6.07) is 14.8. The van der Waals surface area contributed by atoms with Gasteiger partial charge in [-0.05, 0) is 37.5 Å². The number of carbonyl (C=O) groups is 2. The summed E-state index contributed by atoms with van der Waals surface area (Å²) in [5.41, 5.74) is 2.46. The molecule has 27 heavy (non-hydrogen) atoms. The first-order valence-electron chi connectivity index (χ1n) is 9.17. The van der Waals surface area contributed by atoms with Crippen molar-refractivity contribution in [3.63, 3.8) is 0 Å². The standard InChI is InChI=1S/C21H24ClN3O2/c1-14-8-9-17(12-18(14)22)24-21(27)20(15-6-4-3-5-7-15)25(2)13-19(26)23-16-10-11-16/h3-9,12,16,20H,10-11,13H2,1-2H3,(H,23,26)(H,24,27)/p+1/t20-/m1/s1. The van der Waals surface area contributed by atoms with Crippen molar-refractivity contribution in [1.29, 1.82) is 0 Å². The van der Waals surface area contributed by atoms with Gasteiger partial charge in [-0.15, -0.1) is 0 Å². The molecule has 2 aromatic rings. The monoisotopic (exact) mass is 386 g/mol. The molecule has 6 heteroatoms. The fraction of sp³-hybridized carbons (Fsp3) is 0.333. The molecule has 2 atom stereocenters. The fourth-order valence-electron chi connectivity index (χ4n) is 3.05. The SMILES string of the molecule is Cc1ccc(NC(=O)[C@@H](c2ccccc2)[NH+](C)CC(=O)NC2CC2)cc1Cl. The summed E-state index contributed by atoms with van der Waals surface area (Å²) in [7, 11) is 1.87. The highest BCUT2D eigenvalue weighted by molar-refractivity contribution is 6.31. The number of halogens is 1. The van der Waals surface area contributed by atoms with E-state index in [9.17, 15) is 9.59 Å². The Morgan fingerprint density at radius 1 is 1.19 bits per heavy atom. The lowest BCUT2D eigenvalue weighted by molar-refractivity contribution is -0.894. The number of rotatable bonds is 7. The lowest BCUT2D eigenvalue weighted by Gasteiger charge is -2.24. The third-order valence-corrected chi connectivity index (χ3v) is 5.12. The number of hydrogen-bond acceptors (Lipinski definition) is 2. The van der Waals surface area contributed by atoms with Gasteiger partial charge in [-0.2, -0.15) is 0 Å². The number of aryl methyl sites for hydroxylation is 1. The molecule has 5 nitrogen and oxygen atoms in total. The van der Waals surface area contributed by atoms with E-state index in [2.05, 4.69) is 10.6 Å². The van der Waals surface area contributed by atoms with Gasteiger partial charge in [0.05, 0.1) is 7.05 Å². The number of likely N-dealkylation sites (N-methyl/N-ethyl adjacent to an activating group) is 1. The molecule has 3 N–H and O–H groups in total. The van der Waals surface area contributed by atoms with Gasteiger partial charge in [-0.25, -0.2) is 0 Å². The van der Waals surface area contributed by atoms with Crippen LogP contribution in [0.2, 0.25) is 5.02 Å². The van der Waals surface area contributed by atoms with E-state index in [4.69, 9.17) is 11.6 Å². The van der Waals surface area contributed by atoms with E-state index < -0.39 is 6.04 Å². The molecule has 0 aliphatic heterocycles. The molecule has 1 aliphatic rings. The van der Waals surface area contributed by atoms with Crippen molar-refractivity contribution in [3.8, 4) is 0 Å². The molecule has 3 rings (SSSR count). The topological polar surface area (TPSA) is 62.6 Å². The molecule has 2 amide bonds. The van der Waals surface area contributed by atoms with Crippen LogP contribution in [0.3, 0.4) is 0 Å². The second kappa shape index (κ2) is 8.55. The van der Waals surface area contributed by atoms with Crippen LogP contribution in [0.4, 0.5) is 5.69 Å². The molecule has 0 aromatic heterocycles. The zero-order valence-electron chi connectivity index (χ0n) is 15.6. The minimum atomic E-state index is -0.503. The molecular weight excluding hydrogens is 362 g/mol. The van der Waals surface area contributed by atoms with Gasteiger partial charge in [0.15, 0.2) is 12.6 Å². The third kappa shape index (κ3) is 5.31. The number of anilines is 1. The number of hydrogen-bond donors (Lipinski definition) is 3. The molecule has 142 valence electrons. The van der Waals surface area contributed by atoms with Crippen molar-refractivity contribution in [2.75, 3.05) is 18.9 Å². The number of benzene rings is 2. The summed E-state index contributed by atoms with van der Waals surface area (Å²) in [6.07, 6.45) is 2.09. The van der Waals surface area contributed by atoms with Gasteiger partial charge in [-0.1, -0.05) is 48.0 Å². The van der Waals surface area contributed by atoms with E-state index in [1.165, 1.54) is 0 Å². The molecule has 0 spiro atoms. The van der Waals surface area contributed by atoms with Crippen LogP contribution in [0.5, 0.6) is 0 Å². The fourth-order valence-corrected chi connectivity index (χ4v) is 3.23. The average Bonchev–Trinajstić information content (AvgIpc) is 3.43. The van der Waals surface area contributed by atoms with Gasteiger partial charge in [-0.3, -0.25) is 9.59 Å². The van der Waals surface area contributed by atoms with Crippen molar-refractivity contribution in [3.05, 3.63) is 64.7 Å². The normalized spacial score (nSPS) is 15.7. The lowest BCUT2D eigenvalue weighted by atomic mass is 10.0. The van der Waals surface area contributed by atoms with Crippen LogP contribution in [-0.2, 0) is 9.59 Å². The van der Waals surface area contributed by atoms with Crippen LogP contribution in [0, 0.1) is 6.92 Å². The maximum absolute atomic E-state index is 13.1. The van der Waals surface area contributed by atoms with Crippen molar-refractivity contribution >= 4 is 29.1 Å². The number of nitrogens with one attached hydrogen (secondary N) is 3. The largest absolute Gasteiger partial charge is 0.348 e. The Labute approximate surface area is 164 Å². The van der Waals surface area contributed by atoms with Crippen molar-refractivity contribution < 1.29 is 14.5 Å². The average molecular weight is 387 g/mol. The minimum absolute atomic E-state index is 0.0258. The first kappa shape index (κ1) is 19.4. The molecule has 0 saturated heterocycles. The van der Waals surface area contributed by atoms with Gasteiger partial charge in [0.2, 0.25) is 0 Å². The van der Waals surface area contributed by atoms with Crippen LogP contribution in [0.15, 0.2) is 48.5 Å². The van der Waals surface area contributed by atoms with E-state index in [0.29, 0.717) is 16.8 Å². The Morgan fingerprint density at radius 2 is 1.89 bits per heavy atom. The first-order chi connectivity index (χ1) is 12.9. The van der Waals surface area contributed by atoms with E-state index >= 15 is 0 Å². The highest BCUT2D eigenvalue weighted by atomic mass is 35.5. The predicted octanol–water partition coefficient (Wildman–Crippen LogP) is 2.12. The summed E-state index contributed by atoms with van der Waals surface area (Å²) < 4.78 is 0. The summed E-state index contributed by atoms with van der Waals surface area (Å²) >= 11 is 6.17. The smallest absolute Gasteiger partial charge is 0.287 e. The van der Waals surface area contributed by atoms with Crippen molar-refractivity contribution in [2.45, 2.75) is 31.8 Å². The van der Waals surface area contributed by atoms with Crippen molar-refractivity contribution in [2.24, 2.45) is 0 Å². The van der Waals surface area contributed by atoms with Gasteiger partial charge in [0, 0.05) is 22.3 Å². The summed E-state index contributed by atoms with van der Waals surface area (Å²) in [6.45, 7) is 2.15. The molecule has 0 heterocycles. The highest BCUT2D eigenvalue weighted by Gasteiger charge is 2.32. The Kier molecular flexibility index (Phi) is 6.14. The summed E-state index contributed by atoms with van der Waals surface area (Å²) in [5.74, 6) is -0.194. The second-order valence-corrected chi connectivity index (χ2v) is 7.57. The lowest BCUT2D eigenvalue weighted by Crippen LogP contribution is -3.11. The van der Waals surface area contributed by atoms with Gasteiger partial charge in [0.1, 0.15) is 0 Å². The Morgan fingerprint density at radius 3 is 2.52 bits per heavy atom. The molecule has 1 aliphatic carbocycles. The molecule has 1 unspecified atom stereocenters. The van der Waals surface area contributed by atoms with Crippen molar-refractivity contribution in [1.82, 2.24) is 5.32 Å². The number of amides is 2. The van der Waals surface area contributed by atoms with Gasteiger partial charge < -0.3 is 15.5 Å². The minimum Gasteiger partial charge on any atom is -0.348 e. The maximum Gasteiger partial charge on any atom is 0.287 e. The maximum atomic E-state index is 13.1. The summed E-state index contributed by atoms with van der Waals surface area (Å²) in [5, 5.41) is 6.53. The number of quaternary nitrogens is 1. The van der Waals surface area contributed by atoms with Gasteiger partial charge in [0.25, 0.3) is 11.8 Å².